The summed E-state index contributed by atoms with van der Waals surface area (Å²) in [5.41, 5.74) is 9.93. The molecule has 2 nitrogen and oxygen atoms in total. The molecule has 1 spiro atoms. The van der Waals surface area contributed by atoms with E-state index in [1.54, 1.807) is 4.88 Å². The Hall–Kier alpha value is -1.35. The fourth-order valence-electron chi connectivity index (χ4n) is 4.02. The number of nitrogens with two attached hydrogens (primary N) is 1. The average Bonchev–Trinajstić information content (AvgIpc) is 3.08. The summed E-state index contributed by atoms with van der Waals surface area (Å²) < 4.78 is 0. The average molecular weight is 298 g/mol. The minimum Gasteiger partial charge on any atom is -0.399 e. The highest BCUT2D eigenvalue weighted by Crippen LogP contribution is 2.48. The van der Waals surface area contributed by atoms with Crippen molar-refractivity contribution in [1.29, 1.82) is 0 Å². The lowest BCUT2D eigenvalue weighted by molar-refractivity contribution is 0.256. The van der Waals surface area contributed by atoms with Gasteiger partial charge >= 0.3 is 0 Å². The highest BCUT2D eigenvalue weighted by Gasteiger charge is 2.38. The molecule has 21 heavy (non-hydrogen) atoms. The molecule has 1 aromatic heterocycles. The van der Waals surface area contributed by atoms with Gasteiger partial charge in [-0.25, -0.2) is 4.98 Å². The van der Waals surface area contributed by atoms with E-state index in [1.165, 1.54) is 61.2 Å². The zero-order chi connectivity index (χ0) is 14.3. The summed E-state index contributed by atoms with van der Waals surface area (Å²) in [4.78, 5) is 6.49. The summed E-state index contributed by atoms with van der Waals surface area (Å²) in [6, 6.07) is 8.20. The normalized spacial score (nSPS) is 19.8. The quantitative estimate of drug-likeness (QED) is 0.836. The molecular formula is C18H22N2S. The number of benzene rings is 1. The molecule has 2 N–H and O–H groups in total. The molecule has 4 rings (SSSR count). The van der Waals surface area contributed by atoms with E-state index < -0.39 is 0 Å². The Morgan fingerprint density at radius 1 is 1.10 bits per heavy atom. The van der Waals surface area contributed by atoms with Crippen molar-refractivity contribution in [2.24, 2.45) is 5.41 Å². The van der Waals surface area contributed by atoms with Gasteiger partial charge in [-0.1, -0.05) is 25.0 Å². The van der Waals surface area contributed by atoms with Crippen LogP contribution in [0.2, 0.25) is 0 Å². The van der Waals surface area contributed by atoms with Gasteiger partial charge in [-0.3, -0.25) is 0 Å². The highest BCUT2D eigenvalue weighted by atomic mass is 32.1. The lowest BCUT2D eigenvalue weighted by Gasteiger charge is -2.32. The molecule has 0 aliphatic heterocycles. The number of rotatable bonds is 2. The van der Waals surface area contributed by atoms with Crippen LogP contribution in [0.5, 0.6) is 0 Å². The summed E-state index contributed by atoms with van der Waals surface area (Å²) in [5.74, 6) is 0. The summed E-state index contributed by atoms with van der Waals surface area (Å²) >= 11 is 1.95. The maximum absolute atomic E-state index is 5.75. The summed E-state index contributed by atoms with van der Waals surface area (Å²) in [6.07, 6.45) is 10.6. The van der Waals surface area contributed by atoms with Gasteiger partial charge < -0.3 is 5.73 Å². The van der Waals surface area contributed by atoms with Crippen LogP contribution in [-0.2, 0) is 19.3 Å². The van der Waals surface area contributed by atoms with E-state index in [0.29, 0.717) is 5.41 Å². The van der Waals surface area contributed by atoms with Gasteiger partial charge in [-0.15, -0.1) is 11.3 Å². The fourth-order valence-corrected chi connectivity index (χ4v) is 5.34. The topological polar surface area (TPSA) is 38.9 Å². The molecule has 0 saturated heterocycles. The maximum atomic E-state index is 5.75. The first kappa shape index (κ1) is 13.3. The molecule has 2 aliphatic rings. The van der Waals surface area contributed by atoms with Gasteiger partial charge in [0.05, 0.1) is 10.7 Å². The van der Waals surface area contributed by atoms with Crippen LogP contribution in [0.3, 0.4) is 0 Å². The minimum atomic E-state index is 0.637. The number of nitrogen functional groups attached to an aromatic ring is 1. The highest BCUT2D eigenvalue weighted by molar-refractivity contribution is 7.11. The van der Waals surface area contributed by atoms with Crippen LogP contribution >= 0.6 is 11.3 Å². The molecule has 0 radical (unpaired) electrons. The summed E-state index contributed by atoms with van der Waals surface area (Å²) in [7, 11) is 0. The van der Waals surface area contributed by atoms with Gasteiger partial charge in [0.15, 0.2) is 0 Å². The number of anilines is 1. The molecule has 1 fully saturated rings. The number of hydrogen-bond acceptors (Lipinski definition) is 3. The van der Waals surface area contributed by atoms with Crippen LogP contribution in [0.15, 0.2) is 24.3 Å². The Labute approximate surface area is 130 Å². The molecule has 110 valence electrons. The van der Waals surface area contributed by atoms with Crippen molar-refractivity contribution < 1.29 is 0 Å². The van der Waals surface area contributed by atoms with Crippen molar-refractivity contribution in [3.8, 4) is 0 Å². The van der Waals surface area contributed by atoms with Crippen molar-refractivity contribution in [3.63, 3.8) is 0 Å². The van der Waals surface area contributed by atoms with Crippen molar-refractivity contribution in [1.82, 2.24) is 4.98 Å². The van der Waals surface area contributed by atoms with Crippen molar-refractivity contribution in [3.05, 3.63) is 45.4 Å². The zero-order valence-corrected chi connectivity index (χ0v) is 13.2. The monoisotopic (exact) mass is 298 g/mol. The van der Waals surface area contributed by atoms with E-state index in [-0.39, 0.29) is 0 Å². The first-order valence-corrected chi connectivity index (χ1v) is 8.86. The second-order valence-corrected chi connectivity index (χ2v) is 7.95. The van der Waals surface area contributed by atoms with Crippen LogP contribution in [-0.4, -0.2) is 4.98 Å². The second-order valence-electron chi connectivity index (χ2n) is 6.78. The van der Waals surface area contributed by atoms with E-state index in [9.17, 15) is 0 Å². The minimum absolute atomic E-state index is 0.637. The van der Waals surface area contributed by atoms with Crippen LogP contribution in [0.25, 0.3) is 0 Å². The number of hydrogen-bond donors (Lipinski definition) is 1. The Morgan fingerprint density at radius 2 is 1.86 bits per heavy atom. The molecule has 0 amide bonds. The van der Waals surface area contributed by atoms with E-state index >= 15 is 0 Å². The van der Waals surface area contributed by atoms with Crippen LogP contribution in [0.1, 0.15) is 53.2 Å². The third-order valence-electron chi connectivity index (χ3n) is 5.25. The Bertz CT molecular complexity index is 636. The molecule has 0 bridgehead atoms. The molecule has 1 heterocycles. The van der Waals surface area contributed by atoms with Crippen LogP contribution < -0.4 is 5.73 Å². The number of aryl methyl sites for hydroxylation is 1. The molecule has 1 saturated carbocycles. The van der Waals surface area contributed by atoms with Gasteiger partial charge in [0.1, 0.15) is 0 Å². The Kier molecular flexibility index (Phi) is 3.26. The largest absolute Gasteiger partial charge is 0.399 e. The van der Waals surface area contributed by atoms with E-state index in [2.05, 4.69) is 12.1 Å². The van der Waals surface area contributed by atoms with Crippen LogP contribution in [0.4, 0.5) is 5.69 Å². The summed E-state index contributed by atoms with van der Waals surface area (Å²) in [6.45, 7) is 0. The smallest absolute Gasteiger partial charge is 0.0974 e. The molecular weight excluding hydrogens is 276 g/mol. The van der Waals surface area contributed by atoms with Gasteiger partial charge in [0, 0.05) is 17.0 Å². The standard InChI is InChI=1S/C18H22N2S/c19-14-5-3-13(4-6-14)11-17-20-15-7-10-18(8-1-2-9-18)12-16(15)21-17/h3-6H,1-2,7-12,19H2. The number of fused-ring (bicyclic) bond motifs is 1. The second kappa shape index (κ2) is 5.13. The Balaban J connectivity index is 1.54. The van der Waals surface area contributed by atoms with Crippen molar-refractivity contribution in [2.75, 3.05) is 5.73 Å². The van der Waals surface area contributed by atoms with Gasteiger partial charge in [0.25, 0.3) is 0 Å². The molecule has 2 aromatic rings. The maximum Gasteiger partial charge on any atom is 0.0974 e. The molecule has 0 unspecified atom stereocenters. The zero-order valence-electron chi connectivity index (χ0n) is 12.4. The molecule has 2 aliphatic carbocycles. The number of aromatic nitrogens is 1. The molecule has 0 atom stereocenters. The predicted octanol–water partition coefficient (Wildman–Crippen LogP) is 4.37. The molecule has 3 heteroatoms. The first-order chi connectivity index (χ1) is 10.2. The van der Waals surface area contributed by atoms with E-state index in [4.69, 9.17) is 10.7 Å². The predicted molar refractivity (Wildman–Crippen MR) is 88.7 cm³/mol. The van der Waals surface area contributed by atoms with E-state index in [1.807, 2.05) is 23.5 Å². The number of thiazole rings is 1. The van der Waals surface area contributed by atoms with Crippen molar-refractivity contribution >= 4 is 17.0 Å². The first-order valence-electron chi connectivity index (χ1n) is 8.04. The van der Waals surface area contributed by atoms with Gasteiger partial charge in [-0.2, -0.15) is 0 Å². The van der Waals surface area contributed by atoms with E-state index in [0.717, 1.165) is 12.1 Å². The van der Waals surface area contributed by atoms with Crippen molar-refractivity contribution in [2.45, 2.75) is 51.4 Å². The van der Waals surface area contributed by atoms with Crippen LogP contribution in [0, 0.1) is 5.41 Å². The lowest BCUT2D eigenvalue weighted by atomic mass is 9.74. The summed E-state index contributed by atoms with van der Waals surface area (Å²) in [5, 5.41) is 1.28. The SMILES string of the molecule is Nc1ccc(Cc2nc3c(s2)CC2(CCCC2)CC3)cc1. The Morgan fingerprint density at radius 3 is 2.62 bits per heavy atom. The third kappa shape index (κ3) is 2.59. The lowest BCUT2D eigenvalue weighted by Crippen LogP contribution is -2.24. The number of nitrogens with zero attached hydrogens (tertiary/aromatic N) is 1. The molecule has 1 aromatic carbocycles. The fraction of sp³-hybridized carbons (Fsp3) is 0.500. The van der Waals surface area contributed by atoms with Gasteiger partial charge in [-0.05, 0) is 55.2 Å². The third-order valence-corrected chi connectivity index (χ3v) is 6.35. The van der Waals surface area contributed by atoms with Gasteiger partial charge in [0.2, 0.25) is 0 Å².